The number of nitrogens with one attached hydrogen (secondary N) is 2. The van der Waals surface area contributed by atoms with Crippen molar-refractivity contribution in [3.8, 4) is 5.75 Å². The molecule has 1 saturated heterocycles. The van der Waals surface area contributed by atoms with Crippen molar-refractivity contribution in [1.29, 1.82) is 0 Å². The van der Waals surface area contributed by atoms with Crippen LogP contribution in [0.15, 0.2) is 18.2 Å². The van der Waals surface area contributed by atoms with Crippen LogP contribution in [0.3, 0.4) is 0 Å². The molecule has 6 heteroatoms. The number of carbonyl (C=O) groups is 1. The number of hydrogen-bond donors (Lipinski definition) is 2. The number of ether oxygens (including phenoxy) is 1. The van der Waals surface area contributed by atoms with Gasteiger partial charge in [0.1, 0.15) is 6.61 Å². The van der Waals surface area contributed by atoms with Gasteiger partial charge >= 0.3 is 6.03 Å². The number of urea groups is 1. The highest BCUT2D eigenvalue weighted by Gasteiger charge is 2.22. The molecule has 2 amide bonds. The van der Waals surface area contributed by atoms with E-state index < -0.39 is 0 Å². The fraction of sp³-hybridized carbons (Fsp3) is 0.533. The summed E-state index contributed by atoms with van der Waals surface area (Å²) in [5, 5.41) is 6.09. The summed E-state index contributed by atoms with van der Waals surface area (Å²) < 4.78 is 19.5. The third kappa shape index (κ3) is 3.64. The maximum atomic E-state index is 13.9. The summed E-state index contributed by atoms with van der Waals surface area (Å²) >= 11 is 0. The molecule has 0 spiro atoms. The monoisotopic (exact) mass is 293 g/mol. The molecule has 0 radical (unpaired) electrons. The zero-order valence-corrected chi connectivity index (χ0v) is 11.9. The van der Waals surface area contributed by atoms with E-state index in [0.29, 0.717) is 44.6 Å². The summed E-state index contributed by atoms with van der Waals surface area (Å²) in [5.41, 5.74) is 0.827. The van der Waals surface area contributed by atoms with Crippen LogP contribution >= 0.6 is 0 Å². The van der Waals surface area contributed by atoms with Gasteiger partial charge in [-0.1, -0.05) is 12.1 Å². The van der Waals surface area contributed by atoms with Crippen LogP contribution in [0.4, 0.5) is 9.18 Å². The molecule has 1 aliphatic carbocycles. The van der Waals surface area contributed by atoms with E-state index in [1.54, 1.807) is 11.0 Å². The quantitative estimate of drug-likeness (QED) is 0.800. The van der Waals surface area contributed by atoms with Gasteiger partial charge in [-0.2, -0.15) is 0 Å². The normalized spacial score (nSPS) is 18.0. The van der Waals surface area contributed by atoms with E-state index in [1.807, 2.05) is 6.07 Å². The van der Waals surface area contributed by atoms with Crippen molar-refractivity contribution in [3.63, 3.8) is 0 Å². The molecule has 1 aliphatic heterocycles. The molecule has 2 aliphatic rings. The third-order valence-corrected chi connectivity index (χ3v) is 3.76. The van der Waals surface area contributed by atoms with Crippen LogP contribution in [0.1, 0.15) is 18.4 Å². The number of halogens is 1. The van der Waals surface area contributed by atoms with Gasteiger partial charge in [0.15, 0.2) is 11.6 Å². The second-order valence-electron chi connectivity index (χ2n) is 5.45. The molecule has 5 nitrogen and oxygen atoms in total. The lowest BCUT2D eigenvalue weighted by atomic mass is 10.2. The molecule has 0 bridgehead atoms. The van der Waals surface area contributed by atoms with Gasteiger partial charge in [0, 0.05) is 31.2 Å². The maximum absolute atomic E-state index is 13.9. The van der Waals surface area contributed by atoms with Gasteiger partial charge in [-0.3, -0.25) is 0 Å². The summed E-state index contributed by atoms with van der Waals surface area (Å²) in [6, 6.07) is 5.45. The second-order valence-corrected chi connectivity index (χ2v) is 5.45. The Morgan fingerprint density at radius 3 is 3.00 bits per heavy atom. The molecule has 1 saturated carbocycles. The molecular weight excluding hydrogens is 273 g/mol. The summed E-state index contributed by atoms with van der Waals surface area (Å²) in [6.07, 6.45) is 2.38. The van der Waals surface area contributed by atoms with E-state index in [2.05, 4.69) is 10.6 Å². The van der Waals surface area contributed by atoms with Crippen molar-refractivity contribution in [2.24, 2.45) is 0 Å². The summed E-state index contributed by atoms with van der Waals surface area (Å²) in [7, 11) is 0. The van der Waals surface area contributed by atoms with Crippen LogP contribution in [0, 0.1) is 5.82 Å². The Hall–Kier alpha value is -1.82. The van der Waals surface area contributed by atoms with Crippen LogP contribution in [-0.4, -0.2) is 43.2 Å². The Labute approximate surface area is 123 Å². The minimum absolute atomic E-state index is 0.0808. The topological polar surface area (TPSA) is 53.6 Å². The fourth-order valence-electron chi connectivity index (χ4n) is 2.38. The van der Waals surface area contributed by atoms with Crippen molar-refractivity contribution in [2.75, 3.05) is 26.2 Å². The molecule has 1 aromatic carbocycles. The fourth-order valence-corrected chi connectivity index (χ4v) is 2.38. The first kappa shape index (κ1) is 14.1. The lowest BCUT2D eigenvalue weighted by Crippen LogP contribution is -2.32. The van der Waals surface area contributed by atoms with Crippen molar-refractivity contribution < 1.29 is 13.9 Å². The van der Waals surface area contributed by atoms with E-state index in [4.69, 9.17) is 4.74 Å². The van der Waals surface area contributed by atoms with Crippen LogP contribution in [-0.2, 0) is 6.54 Å². The van der Waals surface area contributed by atoms with Gasteiger partial charge < -0.3 is 20.3 Å². The predicted octanol–water partition coefficient (Wildman–Crippen LogP) is 1.48. The predicted molar refractivity (Wildman–Crippen MR) is 76.7 cm³/mol. The number of carbonyl (C=O) groups excluding carboxylic acids is 1. The van der Waals surface area contributed by atoms with Gasteiger partial charge in [0.25, 0.3) is 0 Å². The van der Waals surface area contributed by atoms with E-state index >= 15 is 0 Å². The van der Waals surface area contributed by atoms with Crippen molar-refractivity contribution in [2.45, 2.75) is 25.4 Å². The zero-order valence-electron chi connectivity index (χ0n) is 11.9. The molecule has 114 valence electrons. The highest BCUT2D eigenvalue weighted by atomic mass is 19.1. The first-order valence-corrected chi connectivity index (χ1v) is 7.40. The Balaban J connectivity index is 1.56. The average Bonchev–Trinajstić information content (AvgIpc) is 3.22. The Bertz CT molecular complexity index is 520. The summed E-state index contributed by atoms with van der Waals surface area (Å²) in [5.74, 6) is -0.0544. The molecule has 21 heavy (non-hydrogen) atoms. The maximum Gasteiger partial charge on any atom is 0.317 e. The van der Waals surface area contributed by atoms with Gasteiger partial charge in [-0.05, 0) is 18.9 Å². The molecular formula is C15H20FN3O2. The standard InChI is InChI=1S/C15H20FN3O2/c16-13-3-1-2-11(10-18-12-4-5-12)14(13)21-9-8-19-7-6-17-15(19)20/h1-3,12,18H,4-10H2,(H,17,20). The van der Waals surface area contributed by atoms with Crippen molar-refractivity contribution in [1.82, 2.24) is 15.5 Å². The first-order valence-electron chi connectivity index (χ1n) is 7.40. The lowest BCUT2D eigenvalue weighted by molar-refractivity contribution is 0.200. The Morgan fingerprint density at radius 2 is 2.29 bits per heavy atom. The minimum atomic E-state index is -0.351. The third-order valence-electron chi connectivity index (χ3n) is 3.76. The van der Waals surface area contributed by atoms with E-state index in [9.17, 15) is 9.18 Å². The molecule has 2 N–H and O–H groups in total. The lowest BCUT2D eigenvalue weighted by Gasteiger charge is -2.17. The van der Waals surface area contributed by atoms with Crippen LogP contribution in [0.5, 0.6) is 5.75 Å². The highest BCUT2D eigenvalue weighted by Crippen LogP contribution is 2.25. The van der Waals surface area contributed by atoms with Gasteiger partial charge in [0.2, 0.25) is 0 Å². The SMILES string of the molecule is O=C1NCCN1CCOc1c(F)cccc1CNC1CC1. The van der Waals surface area contributed by atoms with Crippen molar-refractivity contribution >= 4 is 6.03 Å². The van der Waals surface area contributed by atoms with Crippen LogP contribution in [0.25, 0.3) is 0 Å². The Morgan fingerprint density at radius 1 is 1.43 bits per heavy atom. The Kier molecular flexibility index (Phi) is 4.24. The van der Waals surface area contributed by atoms with E-state index in [0.717, 1.165) is 5.56 Å². The number of para-hydroxylation sites is 1. The molecule has 0 atom stereocenters. The molecule has 1 aromatic rings. The smallest absolute Gasteiger partial charge is 0.317 e. The van der Waals surface area contributed by atoms with Gasteiger partial charge in [-0.25, -0.2) is 9.18 Å². The number of benzene rings is 1. The van der Waals surface area contributed by atoms with Crippen molar-refractivity contribution in [3.05, 3.63) is 29.6 Å². The minimum Gasteiger partial charge on any atom is -0.488 e. The van der Waals surface area contributed by atoms with Crippen LogP contribution < -0.4 is 15.4 Å². The number of nitrogens with zero attached hydrogens (tertiary/aromatic N) is 1. The largest absolute Gasteiger partial charge is 0.488 e. The average molecular weight is 293 g/mol. The highest BCUT2D eigenvalue weighted by molar-refractivity contribution is 5.76. The molecule has 0 aromatic heterocycles. The van der Waals surface area contributed by atoms with Crippen LogP contribution in [0.2, 0.25) is 0 Å². The first-order chi connectivity index (χ1) is 10.2. The molecule has 1 heterocycles. The van der Waals surface area contributed by atoms with Gasteiger partial charge in [-0.15, -0.1) is 0 Å². The zero-order chi connectivity index (χ0) is 14.7. The summed E-state index contributed by atoms with van der Waals surface area (Å²) in [6.45, 7) is 2.72. The van der Waals surface area contributed by atoms with E-state index in [-0.39, 0.29) is 11.8 Å². The molecule has 2 fully saturated rings. The second kappa shape index (κ2) is 6.30. The number of hydrogen-bond acceptors (Lipinski definition) is 3. The summed E-state index contributed by atoms with van der Waals surface area (Å²) in [4.78, 5) is 13.1. The number of amides is 2. The molecule has 3 rings (SSSR count). The van der Waals surface area contributed by atoms with Gasteiger partial charge in [0.05, 0.1) is 6.54 Å². The number of rotatable bonds is 7. The van der Waals surface area contributed by atoms with E-state index in [1.165, 1.54) is 18.9 Å². The molecule has 0 unspecified atom stereocenters.